The molecule has 1 aliphatic heterocycles. The molecule has 5 atom stereocenters. The molecule has 2 aliphatic carbocycles. The van der Waals surface area contributed by atoms with Gasteiger partial charge in [0.25, 0.3) is 0 Å². The molecule has 3 fully saturated rings. The van der Waals surface area contributed by atoms with Crippen LogP contribution in [0.5, 0.6) is 0 Å². The van der Waals surface area contributed by atoms with E-state index in [-0.39, 0.29) is 35.8 Å². The van der Waals surface area contributed by atoms with Gasteiger partial charge in [-0.2, -0.15) is 0 Å². The summed E-state index contributed by atoms with van der Waals surface area (Å²) in [6, 6.07) is 0. The predicted octanol–water partition coefficient (Wildman–Crippen LogP) is 1.21. The van der Waals surface area contributed by atoms with E-state index in [0.717, 1.165) is 37.0 Å². The zero-order valence-electron chi connectivity index (χ0n) is 13.2. The quantitative estimate of drug-likeness (QED) is 0.546. The number of ether oxygens (including phenoxy) is 2. The van der Waals surface area contributed by atoms with Gasteiger partial charge in [0.15, 0.2) is 0 Å². The van der Waals surface area contributed by atoms with E-state index < -0.39 is 0 Å². The predicted molar refractivity (Wildman–Crippen MR) is 76.2 cm³/mol. The molecule has 0 aromatic rings. The smallest absolute Gasteiger partial charge is 0.310 e. The molecule has 2 saturated carbocycles. The SMILES string of the molecule is CC[N+](C)(CC)CCOC(=O)C1C2CC3OC(=O)C1C3C2. The molecule has 5 unspecified atom stereocenters. The van der Waals surface area contributed by atoms with E-state index in [1.807, 2.05) is 0 Å². The van der Waals surface area contributed by atoms with Crippen molar-refractivity contribution in [3.05, 3.63) is 0 Å². The maximum absolute atomic E-state index is 12.4. The lowest BCUT2D eigenvalue weighted by Crippen LogP contribution is -2.46. The zero-order chi connectivity index (χ0) is 15.2. The van der Waals surface area contributed by atoms with Crippen LogP contribution in [0.1, 0.15) is 26.7 Å². The van der Waals surface area contributed by atoms with Gasteiger partial charge < -0.3 is 14.0 Å². The van der Waals surface area contributed by atoms with Crippen LogP contribution < -0.4 is 0 Å². The highest BCUT2D eigenvalue weighted by molar-refractivity contribution is 5.85. The van der Waals surface area contributed by atoms with Crippen LogP contribution in [0.25, 0.3) is 0 Å². The first-order valence-electron chi connectivity index (χ1n) is 8.19. The maximum Gasteiger partial charge on any atom is 0.310 e. The topological polar surface area (TPSA) is 52.6 Å². The van der Waals surface area contributed by atoms with Crippen LogP contribution in [0.4, 0.5) is 0 Å². The Labute approximate surface area is 126 Å². The summed E-state index contributed by atoms with van der Waals surface area (Å²) in [6.07, 6.45) is 1.89. The number of likely N-dealkylation sites (N-methyl/N-ethyl adjacent to an activating group) is 1. The molecule has 118 valence electrons. The summed E-state index contributed by atoms with van der Waals surface area (Å²) in [5.74, 6) is -0.254. The number of hydrogen-bond donors (Lipinski definition) is 0. The Kier molecular flexibility index (Phi) is 3.72. The van der Waals surface area contributed by atoms with Crippen LogP contribution in [0.15, 0.2) is 0 Å². The molecule has 0 aromatic heterocycles. The van der Waals surface area contributed by atoms with Crippen molar-refractivity contribution in [1.29, 1.82) is 0 Å². The number of esters is 2. The summed E-state index contributed by atoms with van der Waals surface area (Å²) in [4.78, 5) is 24.3. The van der Waals surface area contributed by atoms with Crippen molar-refractivity contribution in [2.24, 2.45) is 23.7 Å². The lowest BCUT2D eigenvalue weighted by Gasteiger charge is -2.32. The Balaban J connectivity index is 1.56. The highest BCUT2D eigenvalue weighted by atomic mass is 16.6. The minimum Gasteiger partial charge on any atom is -0.462 e. The van der Waals surface area contributed by atoms with Crippen LogP contribution in [0, 0.1) is 23.7 Å². The Morgan fingerprint density at radius 3 is 2.71 bits per heavy atom. The first-order valence-corrected chi connectivity index (χ1v) is 8.19. The molecule has 5 heteroatoms. The van der Waals surface area contributed by atoms with E-state index in [1.54, 1.807) is 0 Å². The fraction of sp³-hybridized carbons (Fsp3) is 0.875. The van der Waals surface area contributed by atoms with Gasteiger partial charge in [-0.05, 0) is 32.6 Å². The molecule has 0 radical (unpaired) electrons. The van der Waals surface area contributed by atoms with Crippen LogP contribution in [-0.4, -0.2) is 55.8 Å². The highest BCUT2D eigenvalue weighted by Gasteiger charge is 2.64. The molecule has 21 heavy (non-hydrogen) atoms. The first kappa shape index (κ1) is 14.8. The van der Waals surface area contributed by atoms with Crippen molar-refractivity contribution in [3.63, 3.8) is 0 Å². The average Bonchev–Trinajstić information content (AvgIpc) is 3.08. The Bertz CT molecular complexity index is 444. The Morgan fingerprint density at radius 1 is 1.33 bits per heavy atom. The molecular weight excluding hydrogens is 270 g/mol. The van der Waals surface area contributed by atoms with E-state index in [1.165, 1.54) is 0 Å². The van der Waals surface area contributed by atoms with Gasteiger partial charge >= 0.3 is 11.9 Å². The summed E-state index contributed by atoms with van der Waals surface area (Å²) in [7, 11) is 2.17. The first-order chi connectivity index (χ1) is 9.99. The Hall–Kier alpha value is -1.10. The van der Waals surface area contributed by atoms with E-state index in [0.29, 0.717) is 12.5 Å². The molecule has 0 aromatic carbocycles. The monoisotopic (exact) mass is 296 g/mol. The normalized spacial score (nSPS) is 36.9. The second-order valence-electron chi connectivity index (χ2n) is 7.07. The molecule has 2 bridgehead atoms. The fourth-order valence-electron chi connectivity index (χ4n) is 4.33. The summed E-state index contributed by atoms with van der Waals surface area (Å²) in [5.41, 5.74) is 0. The Morgan fingerprint density at radius 2 is 2.05 bits per heavy atom. The van der Waals surface area contributed by atoms with Crippen LogP contribution in [0.2, 0.25) is 0 Å². The van der Waals surface area contributed by atoms with Crippen LogP contribution in [-0.2, 0) is 19.1 Å². The minimum atomic E-state index is -0.247. The number of fused-ring (bicyclic) bond motifs is 1. The number of carbonyl (C=O) groups excluding carboxylic acids is 2. The maximum atomic E-state index is 12.4. The van der Waals surface area contributed by atoms with Gasteiger partial charge in [0.1, 0.15) is 19.3 Å². The van der Waals surface area contributed by atoms with Gasteiger partial charge in [0.2, 0.25) is 0 Å². The van der Waals surface area contributed by atoms with E-state index in [9.17, 15) is 9.59 Å². The lowest BCUT2D eigenvalue weighted by atomic mass is 9.80. The van der Waals surface area contributed by atoms with Crippen molar-refractivity contribution in [3.8, 4) is 0 Å². The third-order valence-corrected chi connectivity index (χ3v) is 6.16. The van der Waals surface area contributed by atoms with Crippen molar-refractivity contribution in [1.82, 2.24) is 0 Å². The van der Waals surface area contributed by atoms with Gasteiger partial charge in [-0.3, -0.25) is 9.59 Å². The molecule has 1 saturated heterocycles. The summed E-state index contributed by atoms with van der Waals surface area (Å²) >= 11 is 0. The van der Waals surface area contributed by atoms with Crippen LogP contribution in [0.3, 0.4) is 0 Å². The molecule has 1 heterocycles. The molecule has 5 nitrogen and oxygen atoms in total. The lowest BCUT2D eigenvalue weighted by molar-refractivity contribution is -0.906. The van der Waals surface area contributed by atoms with Gasteiger partial charge in [-0.25, -0.2) is 0 Å². The molecule has 0 N–H and O–H groups in total. The van der Waals surface area contributed by atoms with E-state index in [4.69, 9.17) is 9.47 Å². The van der Waals surface area contributed by atoms with Crippen LogP contribution >= 0.6 is 0 Å². The number of rotatable bonds is 6. The summed E-state index contributed by atoms with van der Waals surface area (Å²) < 4.78 is 11.8. The van der Waals surface area contributed by atoms with Crippen molar-refractivity contribution < 1.29 is 23.5 Å². The molecule has 3 rings (SSSR count). The van der Waals surface area contributed by atoms with Gasteiger partial charge in [0.05, 0.1) is 32.0 Å². The fourth-order valence-corrected chi connectivity index (χ4v) is 4.33. The summed E-state index contributed by atoms with van der Waals surface area (Å²) in [6.45, 7) is 7.62. The summed E-state index contributed by atoms with van der Waals surface area (Å²) in [5, 5.41) is 0. The third kappa shape index (κ3) is 2.35. The average molecular weight is 296 g/mol. The molecule has 3 aliphatic rings. The second-order valence-corrected chi connectivity index (χ2v) is 7.07. The molecule has 0 spiro atoms. The molecular formula is C16H26NO4+. The largest absolute Gasteiger partial charge is 0.462 e. The van der Waals surface area contributed by atoms with Crippen molar-refractivity contribution >= 4 is 11.9 Å². The highest BCUT2D eigenvalue weighted by Crippen LogP contribution is 2.57. The number of hydrogen-bond acceptors (Lipinski definition) is 4. The number of carbonyl (C=O) groups is 2. The van der Waals surface area contributed by atoms with Crippen molar-refractivity contribution in [2.45, 2.75) is 32.8 Å². The second kappa shape index (κ2) is 5.27. The standard InChI is InChI=1S/C16H26NO4/c1-4-17(3,5-2)6-7-20-15(18)13-10-8-11-12(9-10)21-16(19)14(11)13/h10-14H,4-9H2,1-3H3/q+1. The van der Waals surface area contributed by atoms with Crippen molar-refractivity contribution in [2.75, 3.05) is 33.3 Å². The van der Waals surface area contributed by atoms with Gasteiger partial charge in [-0.15, -0.1) is 0 Å². The van der Waals surface area contributed by atoms with E-state index in [2.05, 4.69) is 20.9 Å². The molecule has 0 amide bonds. The van der Waals surface area contributed by atoms with Gasteiger partial charge in [0, 0.05) is 5.92 Å². The van der Waals surface area contributed by atoms with Gasteiger partial charge in [-0.1, -0.05) is 0 Å². The number of quaternary nitrogens is 1. The zero-order valence-corrected chi connectivity index (χ0v) is 13.2. The van der Waals surface area contributed by atoms with E-state index >= 15 is 0 Å². The third-order valence-electron chi connectivity index (χ3n) is 6.16. The number of nitrogens with zero attached hydrogens (tertiary/aromatic N) is 1. The minimum absolute atomic E-state index is 0.0803.